The van der Waals surface area contributed by atoms with Crippen LogP contribution in [0.3, 0.4) is 0 Å². The average molecular weight is 285 g/mol. The standard InChI is InChI=1S/C11H24N2O2S.ClH/c1-4-8(2)10(14)7-13-11(15)9(12)5-6-16-3;/h8-10,14H,4-7,12H2,1-3H3,(H,13,15);1H/t8?,9-,10?;/m0./s1. The molecule has 0 rings (SSSR count). The lowest BCUT2D eigenvalue weighted by Crippen LogP contribution is -2.44. The molecule has 3 atom stereocenters. The maximum atomic E-state index is 11.5. The molecule has 0 fully saturated rings. The number of aliphatic hydroxyl groups excluding tert-OH is 1. The van der Waals surface area contributed by atoms with Crippen molar-refractivity contribution < 1.29 is 9.90 Å². The minimum absolute atomic E-state index is 0. The van der Waals surface area contributed by atoms with Crippen LogP contribution in [0.25, 0.3) is 0 Å². The highest BCUT2D eigenvalue weighted by molar-refractivity contribution is 7.98. The molecule has 0 aromatic carbocycles. The van der Waals surface area contributed by atoms with Crippen molar-refractivity contribution in [3.05, 3.63) is 0 Å². The number of thioether (sulfide) groups is 1. The Bertz CT molecular complexity index is 208. The molecule has 4 nitrogen and oxygen atoms in total. The Morgan fingerprint density at radius 2 is 2.12 bits per heavy atom. The predicted molar refractivity (Wildman–Crippen MR) is 76.7 cm³/mol. The van der Waals surface area contributed by atoms with E-state index in [-0.39, 0.29) is 24.2 Å². The van der Waals surface area contributed by atoms with Gasteiger partial charge in [-0.1, -0.05) is 20.3 Å². The number of aliphatic hydroxyl groups is 1. The molecule has 6 heteroatoms. The first kappa shape index (κ1) is 19.4. The van der Waals surface area contributed by atoms with Crippen molar-refractivity contribution in [2.45, 2.75) is 38.8 Å². The molecule has 0 heterocycles. The molecule has 17 heavy (non-hydrogen) atoms. The fraction of sp³-hybridized carbons (Fsp3) is 0.909. The highest BCUT2D eigenvalue weighted by Crippen LogP contribution is 2.06. The molecular weight excluding hydrogens is 260 g/mol. The van der Waals surface area contributed by atoms with E-state index in [0.717, 1.165) is 12.2 Å². The van der Waals surface area contributed by atoms with Crippen LogP contribution in [-0.2, 0) is 4.79 Å². The first-order valence-electron chi connectivity index (χ1n) is 5.73. The molecule has 104 valence electrons. The fourth-order valence-corrected chi connectivity index (χ4v) is 1.68. The van der Waals surface area contributed by atoms with Crippen molar-refractivity contribution >= 4 is 30.1 Å². The molecule has 0 radical (unpaired) electrons. The lowest BCUT2D eigenvalue weighted by Gasteiger charge is -2.19. The Morgan fingerprint density at radius 3 is 2.59 bits per heavy atom. The zero-order chi connectivity index (χ0) is 12.6. The molecule has 0 bridgehead atoms. The van der Waals surface area contributed by atoms with Gasteiger partial charge in [-0.2, -0.15) is 11.8 Å². The van der Waals surface area contributed by atoms with Gasteiger partial charge in [0.05, 0.1) is 12.1 Å². The predicted octanol–water partition coefficient (Wildman–Crippen LogP) is 1.01. The molecule has 4 N–H and O–H groups in total. The molecule has 0 aliphatic rings. The van der Waals surface area contributed by atoms with Crippen LogP contribution in [0.2, 0.25) is 0 Å². The van der Waals surface area contributed by atoms with Gasteiger partial charge in [0.15, 0.2) is 0 Å². The summed E-state index contributed by atoms with van der Waals surface area (Å²) in [5, 5.41) is 12.3. The first-order valence-corrected chi connectivity index (χ1v) is 7.12. The zero-order valence-electron chi connectivity index (χ0n) is 10.8. The van der Waals surface area contributed by atoms with E-state index in [9.17, 15) is 9.90 Å². The van der Waals surface area contributed by atoms with Crippen LogP contribution in [0.5, 0.6) is 0 Å². The van der Waals surface area contributed by atoms with Crippen molar-refractivity contribution in [2.24, 2.45) is 11.7 Å². The number of carbonyl (C=O) groups is 1. The number of halogens is 1. The zero-order valence-corrected chi connectivity index (χ0v) is 12.4. The number of amides is 1. The second-order valence-corrected chi connectivity index (χ2v) is 5.07. The summed E-state index contributed by atoms with van der Waals surface area (Å²) in [5.41, 5.74) is 5.69. The molecule has 0 aliphatic carbocycles. The highest BCUT2D eigenvalue weighted by Gasteiger charge is 2.16. The van der Waals surface area contributed by atoms with Crippen molar-refractivity contribution in [2.75, 3.05) is 18.6 Å². The lowest BCUT2D eigenvalue weighted by atomic mass is 10.0. The molecular formula is C11H25ClN2O2S. The lowest BCUT2D eigenvalue weighted by molar-refractivity contribution is -0.123. The minimum Gasteiger partial charge on any atom is -0.391 e. The number of nitrogens with two attached hydrogens (primary N) is 1. The fourth-order valence-electron chi connectivity index (χ4n) is 1.19. The van der Waals surface area contributed by atoms with E-state index >= 15 is 0 Å². The molecule has 1 amide bonds. The second kappa shape index (κ2) is 11.1. The van der Waals surface area contributed by atoms with Gasteiger partial charge in [-0.15, -0.1) is 12.4 Å². The summed E-state index contributed by atoms with van der Waals surface area (Å²) in [6.45, 7) is 4.27. The van der Waals surface area contributed by atoms with Gasteiger partial charge >= 0.3 is 0 Å². The Labute approximate surface area is 115 Å². The van der Waals surface area contributed by atoms with Gasteiger partial charge in [0.2, 0.25) is 5.91 Å². The number of hydrogen-bond donors (Lipinski definition) is 3. The van der Waals surface area contributed by atoms with Crippen LogP contribution in [0.1, 0.15) is 26.7 Å². The number of hydrogen-bond acceptors (Lipinski definition) is 4. The highest BCUT2D eigenvalue weighted by atomic mass is 35.5. The minimum atomic E-state index is -0.485. The van der Waals surface area contributed by atoms with Crippen molar-refractivity contribution in [3.63, 3.8) is 0 Å². The van der Waals surface area contributed by atoms with E-state index in [1.807, 2.05) is 20.1 Å². The Morgan fingerprint density at radius 1 is 1.53 bits per heavy atom. The normalized spacial score (nSPS) is 15.6. The third-order valence-corrected chi connectivity index (χ3v) is 3.40. The average Bonchev–Trinajstić information content (AvgIpc) is 2.31. The third-order valence-electron chi connectivity index (χ3n) is 2.76. The van der Waals surface area contributed by atoms with Gasteiger partial charge in [0.1, 0.15) is 0 Å². The third kappa shape index (κ3) is 8.71. The maximum Gasteiger partial charge on any atom is 0.237 e. The van der Waals surface area contributed by atoms with Crippen molar-refractivity contribution in [1.82, 2.24) is 5.32 Å². The Hall–Kier alpha value is 0.0300. The summed E-state index contributed by atoms with van der Waals surface area (Å²) < 4.78 is 0. The summed E-state index contributed by atoms with van der Waals surface area (Å²) >= 11 is 1.67. The maximum absolute atomic E-state index is 11.5. The topological polar surface area (TPSA) is 75.3 Å². The van der Waals surface area contributed by atoms with E-state index in [2.05, 4.69) is 5.32 Å². The monoisotopic (exact) mass is 284 g/mol. The molecule has 0 spiro atoms. The molecule has 0 aliphatic heterocycles. The van der Waals surface area contributed by atoms with Crippen LogP contribution in [-0.4, -0.2) is 41.7 Å². The number of rotatable bonds is 8. The van der Waals surface area contributed by atoms with Crippen molar-refractivity contribution in [1.29, 1.82) is 0 Å². The Balaban J connectivity index is 0. The van der Waals surface area contributed by atoms with E-state index in [1.54, 1.807) is 11.8 Å². The SMILES string of the molecule is CCC(C)C(O)CNC(=O)[C@@H](N)CCSC.Cl. The second-order valence-electron chi connectivity index (χ2n) is 4.09. The molecule has 0 saturated heterocycles. The van der Waals surface area contributed by atoms with Gasteiger partial charge in [0, 0.05) is 6.54 Å². The van der Waals surface area contributed by atoms with Crippen molar-refractivity contribution in [3.8, 4) is 0 Å². The summed E-state index contributed by atoms with van der Waals surface area (Å²) in [7, 11) is 0. The van der Waals surface area contributed by atoms with E-state index in [4.69, 9.17) is 5.73 Å². The van der Waals surface area contributed by atoms with Gasteiger partial charge in [-0.3, -0.25) is 4.79 Å². The largest absolute Gasteiger partial charge is 0.391 e. The van der Waals surface area contributed by atoms with Crippen LogP contribution >= 0.6 is 24.2 Å². The molecule has 0 saturated carbocycles. The number of carbonyl (C=O) groups excluding carboxylic acids is 1. The first-order chi connectivity index (χ1) is 7.52. The Kier molecular flexibility index (Phi) is 12.7. The van der Waals surface area contributed by atoms with Gasteiger partial charge in [-0.25, -0.2) is 0 Å². The molecule has 0 aromatic rings. The number of nitrogens with one attached hydrogen (secondary N) is 1. The van der Waals surface area contributed by atoms with E-state index < -0.39 is 12.1 Å². The van der Waals surface area contributed by atoms with Crippen LogP contribution in [0, 0.1) is 5.92 Å². The van der Waals surface area contributed by atoms with Crippen LogP contribution in [0.15, 0.2) is 0 Å². The van der Waals surface area contributed by atoms with Gasteiger partial charge in [-0.05, 0) is 24.3 Å². The van der Waals surface area contributed by atoms with Gasteiger partial charge < -0.3 is 16.2 Å². The van der Waals surface area contributed by atoms with E-state index in [1.165, 1.54) is 0 Å². The van der Waals surface area contributed by atoms with Crippen LogP contribution in [0.4, 0.5) is 0 Å². The summed E-state index contributed by atoms with van der Waals surface area (Å²) in [6, 6.07) is -0.461. The van der Waals surface area contributed by atoms with Gasteiger partial charge in [0.25, 0.3) is 0 Å². The summed E-state index contributed by atoms with van der Waals surface area (Å²) in [5.74, 6) is 0.904. The smallest absolute Gasteiger partial charge is 0.237 e. The van der Waals surface area contributed by atoms with Crippen LogP contribution < -0.4 is 11.1 Å². The van der Waals surface area contributed by atoms with E-state index in [0.29, 0.717) is 13.0 Å². The quantitative estimate of drug-likeness (QED) is 0.622. The molecule has 2 unspecified atom stereocenters. The summed E-state index contributed by atoms with van der Waals surface area (Å²) in [4.78, 5) is 11.5. The summed E-state index contributed by atoms with van der Waals surface area (Å²) in [6.07, 6.45) is 3.07. The molecule has 0 aromatic heterocycles.